The monoisotopic (exact) mass is 363 g/mol. The third-order valence-electron chi connectivity index (χ3n) is 1.90. The zero-order valence-electron chi connectivity index (χ0n) is 9.92. The predicted octanol–water partition coefficient (Wildman–Crippen LogP) is 3.36. The van der Waals surface area contributed by atoms with Crippen LogP contribution in [-0.4, -0.2) is 19.1 Å². The number of hydrogen-bond donors (Lipinski definition) is 2. The van der Waals surface area contributed by atoms with Gasteiger partial charge in [-0.25, -0.2) is 0 Å². The molecule has 0 spiro atoms. The third kappa shape index (κ3) is 4.20. The summed E-state index contributed by atoms with van der Waals surface area (Å²) in [6.07, 6.45) is 0. The van der Waals surface area contributed by atoms with Gasteiger partial charge in [0.25, 0.3) is 0 Å². The van der Waals surface area contributed by atoms with E-state index in [9.17, 15) is 0 Å². The Morgan fingerprint density at radius 3 is 2.53 bits per heavy atom. The third-order valence-corrected chi connectivity index (χ3v) is 3.18. The van der Waals surface area contributed by atoms with Crippen molar-refractivity contribution in [2.75, 3.05) is 12.4 Å². The number of nitrogens with one attached hydrogen (secondary N) is 1. The molecule has 1 rings (SSSR count). The summed E-state index contributed by atoms with van der Waals surface area (Å²) in [6, 6.07) is 3.89. The Labute approximate surface area is 118 Å². The lowest BCUT2D eigenvalue weighted by Gasteiger charge is -2.12. The summed E-state index contributed by atoms with van der Waals surface area (Å²) in [7, 11) is 1.61. The number of benzene rings is 1. The quantitative estimate of drug-likeness (QED) is 0.638. The van der Waals surface area contributed by atoms with Gasteiger partial charge < -0.3 is 15.8 Å². The fourth-order valence-corrected chi connectivity index (χ4v) is 2.48. The summed E-state index contributed by atoms with van der Waals surface area (Å²) in [4.78, 5) is 4.20. The molecule has 6 heteroatoms. The van der Waals surface area contributed by atoms with Gasteiger partial charge in [0.15, 0.2) is 5.96 Å². The van der Waals surface area contributed by atoms with Crippen molar-refractivity contribution in [2.24, 2.45) is 10.7 Å². The van der Waals surface area contributed by atoms with Gasteiger partial charge in [0, 0.05) is 16.6 Å². The molecule has 0 bridgehead atoms. The Morgan fingerprint density at radius 1 is 1.35 bits per heavy atom. The zero-order valence-corrected chi connectivity index (χ0v) is 13.1. The first-order valence-electron chi connectivity index (χ1n) is 5.07. The molecule has 1 aromatic carbocycles. The van der Waals surface area contributed by atoms with Crippen LogP contribution in [0.5, 0.6) is 5.75 Å². The molecule has 4 nitrogen and oxygen atoms in total. The van der Waals surface area contributed by atoms with Crippen LogP contribution in [-0.2, 0) is 0 Å². The molecule has 17 heavy (non-hydrogen) atoms. The maximum absolute atomic E-state index is 5.77. The number of nitrogens with zero attached hydrogens (tertiary/aromatic N) is 1. The average Bonchev–Trinajstić information content (AvgIpc) is 2.20. The van der Waals surface area contributed by atoms with Crippen molar-refractivity contribution < 1.29 is 4.74 Å². The molecular formula is C11H15Br2N3O. The second kappa shape index (κ2) is 6.26. The number of nitrogens with two attached hydrogens (primary N) is 1. The Balaban J connectivity index is 2.99. The lowest BCUT2D eigenvalue weighted by molar-refractivity contribution is 0.412. The van der Waals surface area contributed by atoms with E-state index < -0.39 is 0 Å². The highest BCUT2D eigenvalue weighted by molar-refractivity contribution is 9.11. The molecule has 0 unspecified atom stereocenters. The van der Waals surface area contributed by atoms with Crippen LogP contribution >= 0.6 is 31.9 Å². The summed E-state index contributed by atoms with van der Waals surface area (Å²) >= 11 is 6.85. The Hall–Kier alpha value is -0.750. The molecule has 0 aliphatic heterocycles. The first-order chi connectivity index (χ1) is 7.93. The number of guanidine groups is 1. The lowest BCUT2D eigenvalue weighted by Crippen LogP contribution is -2.24. The molecule has 0 aliphatic carbocycles. The van der Waals surface area contributed by atoms with E-state index in [1.54, 1.807) is 7.11 Å². The van der Waals surface area contributed by atoms with Gasteiger partial charge in [-0.1, -0.05) is 0 Å². The number of hydrogen-bond acceptors (Lipinski definition) is 2. The molecule has 0 saturated heterocycles. The number of methoxy groups -OCH3 is 1. The van der Waals surface area contributed by atoms with E-state index in [-0.39, 0.29) is 6.04 Å². The Kier molecular flexibility index (Phi) is 5.27. The highest BCUT2D eigenvalue weighted by atomic mass is 79.9. The smallest absolute Gasteiger partial charge is 0.193 e. The van der Waals surface area contributed by atoms with Crippen LogP contribution in [0.1, 0.15) is 13.8 Å². The van der Waals surface area contributed by atoms with Crippen molar-refractivity contribution >= 4 is 43.5 Å². The first-order valence-corrected chi connectivity index (χ1v) is 6.66. The molecule has 1 aromatic rings. The van der Waals surface area contributed by atoms with Crippen molar-refractivity contribution in [1.29, 1.82) is 0 Å². The molecule has 0 atom stereocenters. The fraction of sp³-hybridized carbons (Fsp3) is 0.364. The number of aliphatic imine (C=N–C) groups is 1. The Bertz CT molecular complexity index is 433. The van der Waals surface area contributed by atoms with Crippen molar-refractivity contribution in [2.45, 2.75) is 19.9 Å². The van der Waals surface area contributed by atoms with Gasteiger partial charge in [-0.15, -0.1) is 0 Å². The Morgan fingerprint density at radius 2 is 2.00 bits per heavy atom. The molecule has 94 valence electrons. The highest BCUT2D eigenvalue weighted by Crippen LogP contribution is 2.34. The summed E-state index contributed by atoms with van der Waals surface area (Å²) < 4.78 is 6.97. The van der Waals surface area contributed by atoms with Crippen molar-refractivity contribution in [3.63, 3.8) is 0 Å². The second-order valence-corrected chi connectivity index (χ2v) is 5.41. The SMILES string of the molecule is COc1cc(NC(N)=NC(C)C)c(Br)cc1Br. The van der Waals surface area contributed by atoms with E-state index in [1.165, 1.54) is 0 Å². The van der Waals surface area contributed by atoms with E-state index >= 15 is 0 Å². The molecule has 0 aromatic heterocycles. The molecule has 3 N–H and O–H groups in total. The van der Waals surface area contributed by atoms with Crippen LogP contribution in [0.15, 0.2) is 26.1 Å². The van der Waals surface area contributed by atoms with Gasteiger partial charge in [-0.05, 0) is 51.8 Å². The standard InChI is InChI=1S/C11H15Br2N3O/c1-6(2)15-11(14)16-9-5-10(17-3)8(13)4-7(9)12/h4-6H,1-3H3,(H3,14,15,16). The summed E-state index contributed by atoms with van der Waals surface area (Å²) in [5, 5.41) is 3.02. The van der Waals surface area contributed by atoms with E-state index in [2.05, 4.69) is 42.2 Å². The second-order valence-electron chi connectivity index (χ2n) is 3.70. The van der Waals surface area contributed by atoms with E-state index in [0.717, 1.165) is 20.4 Å². The molecule has 0 saturated carbocycles. The number of ether oxygens (including phenoxy) is 1. The number of halogens is 2. The van der Waals surface area contributed by atoms with Gasteiger partial charge in [0.2, 0.25) is 0 Å². The van der Waals surface area contributed by atoms with Crippen LogP contribution in [0.2, 0.25) is 0 Å². The largest absolute Gasteiger partial charge is 0.495 e. The summed E-state index contributed by atoms with van der Waals surface area (Å²) in [5.74, 6) is 1.11. The van der Waals surface area contributed by atoms with Crippen LogP contribution in [0.4, 0.5) is 5.69 Å². The minimum absolute atomic E-state index is 0.151. The molecule has 0 aliphatic rings. The number of anilines is 1. The van der Waals surface area contributed by atoms with Crippen molar-refractivity contribution in [3.8, 4) is 5.75 Å². The fourth-order valence-electron chi connectivity index (χ4n) is 1.23. The first kappa shape index (κ1) is 14.3. The summed E-state index contributed by atoms with van der Waals surface area (Å²) in [5.41, 5.74) is 6.58. The highest BCUT2D eigenvalue weighted by Gasteiger charge is 2.08. The molecular weight excluding hydrogens is 350 g/mol. The number of rotatable bonds is 3. The molecule has 0 heterocycles. The van der Waals surface area contributed by atoms with Crippen molar-refractivity contribution in [3.05, 3.63) is 21.1 Å². The zero-order chi connectivity index (χ0) is 13.0. The average molecular weight is 365 g/mol. The van der Waals surface area contributed by atoms with E-state index in [1.807, 2.05) is 26.0 Å². The van der Waals surface area contributed by atoms with Gasteiger partial charge in [0.1, 0.15) is 5.75 Å². The topological polar surface area (TPSA) is 59.6 Å². The minimum atomic E-state index is 0.151. The van der Waals surface area contributed by atoms with E-state index in [4.69, 9.17) is 10.5 Å². The van der Waals surface area contributed by atoms with Crippen LogP contribution < -0.4 is 15.8 Å². The van der Waals surface area contributed by atoms with Gasteiger partial charge in [0.05, 0.1) is 17.3 Å². The van der Waals surface area contributed by atoms with Gasteiger partial charge in [-0.2, -0.15) is 0 Å². The van der Waals surface area contributed by atoms with Crippen LogP contribution in [0, 0.1) is 0 Å². The van der Waals surface area contributed by atoms with Crippen LogP contribution in [0.3, 0.4) is 0 Å². The normalized spacial score (nSPS) is 11.8. The molecule has 0 radical (unpaired) electrons. The van der Waals surface area contributed by atoms with Gasteiger partial charge in [-0.3, -0.25) is 4.99 Å². The van der Waals surface area contributed by atoms with E-state index in [0.29, 0.717) is 5.96 Å². The maximum atomic E-state index is 5.77. The van der Waals surface area contributed by atoms with Gasteiger partial charge >= 0.3 is 0 Å². The van der Waals surface area contributed by atoms with Crippen LogP contribution in [0.25, 0.3) is 0 Å². The molecule has 0 fully saturated rings. The van der Waals surface area contributed by atoms with Crippen molar-refractivity contribution in [1.82, 2.24) is 0 Å². The maximum Gasteiger partial charge on any atom is 0.193 e. The molecule has 0 amide bonds. The summed E-state index contributed by atoms with van der Waals surface area (Å²) in [6.45, 7) is 3.93. The predicted molar refractivity (Wildman–Crippen MR) is 78.8 cm³/mol. The minimum Gasteiger partial charge on any atom is -0.495 e. The lowest BCUT2D eigenvalue weighted by atomic mass is 10.3.